The minimum absolute atomic E-state index is 0.127. The van der Waals surface area contributed by atoms with Crippen molar-refractivity contribution in [3.05, 3.63) is 29.2 Å². The third kappa shape index (κ3) is 3.37. The van der Waals surface area contributed by atoms with Gasteiger partial charge in [0.15, 0.2) is 0 Å². The second kappa shape index (κ2) is 6.41. The van der Waals surface area contributed by atoms with Gasteiger partial charge < -0.3 is 14.4 Å². The van der Waals surface area contributed by atoms with E-state index in [1.807, 2.05) is 0 Å². The molecule has 3 heterocycles. The van der Waals surface area contributed by atoms with Crippen molar-refractivity contribution in [3.8, 4) is 11.9 Å². The van der Waals surface area contributed by atoms with Crippen LogP contribution < -0.4 is 9.47 Å². The Hall–Kier alpha value is -2.35. The van der Waals surface area contributed by atoms with Gasteiger partial charge in [-0.1, -0.05) is 11.6 Å². The SMILES string of the molecule is COc1nn(C)cc1C(=O)N1CCC(Oc2ncc(Cl)cn2)C1. The van der Waals surface area contributed by atoms with Crippen LogP contribution in [0.4, 0.5) is 0 Å². The second-order valence-corrected chi connectivity index (χ2v) is 5.63. The van der Waals surface area contributed by atoms with Crippen molar-refractivity contribution in [1.82, 2.24) is 24.6 Å². The van der Waals surface area contributed by atoms with Crippen molar-refractivity contribution in [3.63, 3.8) is 0 Å². The number of aryl methyl sites for hydroxylation is 1. The fourth-order valence-electron chi connectivity index (χ4n) is 2.46. The summed E-state index contributed by atoms with van der Waals surface area (Å²) in [6.45, 7) is 1.05. The van der Waals surface area contributed by atoms with Crippen LogP contribution in [0.2, 0.25) is 5.02 Å². The van der Waals surface area contributed by atoms with E-state index in [9.17, 15) is 4.79 Å². The molecule has 122 valence electrons. The van der Waals surface area contributed by atoms with Crippen LogP contribution in [-0.2, 0) is 7.05 Å². The number of amides is 1. The fourth-order valence-corrected chi connectivity index (χ4v) is 2.55. The van der Waals surface area contributed by atoms with Gasteiger partial charge in [0.1, 0.15) is 11.7 Å². The molecule has 0 aliphatic carbocycles. The summed E-state index contributed by atoms with van der Waals surface area (Å²) >= 11 is 5.74. The van der Waals surface area contributed by atoms with Gasteiger partial charge in [-0.2, -0.15) is 0 Å². The van der Waals surface area contributed by atoms with E-state index in [0.717, 1.165) is 0 Å². The second-order valence-electron chi connectivity index (χ2n) is 5.19. The number of halogens is 1. The fraction of sp³-hybridized carbons (Fsp3) is 0.429. The highest BCUT2D eigenvalue weighted by atomic mass is 35.5. The monoisotopic (exact) mass is 337 g/mol. The van der Waals surface area contributed by atoms with E-state index in [0.29, 0.717) is 36.0 Å². The molecule has 8 nitrogen and oxygen atoms in total. The zero-order valence-corrected chi connectivity index (χ0v) is 13.5. The lowest BCUT2D eigenvalue weighted by Gasteiger charge is -2.16. The van der Waals surface area contributed by atoms with Crippen molar-refractivity contribution in [1.29, 1.82) is 0 Å². The summed E-state index contributed by atoms with van der Waals surface area (Å²) in [4.78, 5) is 22.3. The number of likely N-dealkylation sites (tertiary alicyclic amines) is 1. The largest absolute Gasteiger partial charge is 0.479 e. The third-order valence-electron chi connectivity index (χ3n) is 3.52. The lowest BCUT2D eigenvalue weighted by molar-refractivity contribution is 0.0766. The van der Waals surface area contributed by atoms with Crippen LogP contribution in [0.5, 0.6) is 11.9 Å². The Labute approximate surface area is 138 Å². The molecule has 1 atom stereocenters. The molecule has 0 radical (unpaired) electrons. The average Bonchev–Trinajstić information content (AvgIpc) is 3.15. The summed E-state index contributed by atoms with van der Waals surface area (Å²) < 4.78 is 12.4. The molecule has 3 rings (SSSR count). The molecular formula is C14H16ClN5O3. The Morgan fingerprint density at radius 2 is 2.13 bits per heavy atom. The van der Waals surface area contributed by atoms with Gasteiger partial charge >= 0.3 is 6.01 Å². The molecule has 0 N–H and O–H groups in total. The highest BCUT2D eigenvalue weighted by Crippen LogP contribution is 2.22. The topological polar surface area (TPSA) is 82.4 Å². The van der Waals surface area contributed by atoms with E-state index in [2.05, 4.69) is 15.1 Å². The van der Waals surface area contributed by atoms with Gasteiger partial charge in [0.2, 0.25) is 5.88 Å². The maximum atomic E-state index is 12.6. The van der Waals surface area contributed by atoms with E-state index in [1.165, 1.54) is 19.5 Å². The van der Waals surface area contributed by atoms with Gasteiger partial charge in [0.05, 0.1) is 31.1 Å². The Kier molecular flexibility index (Phi) is 4.33. The van der Waals surface area contributed by atoms with E-state index in [4.69, 9.17) is 21.1 Å². The number of rotatable bonds is 4. The molecule has 1 aliphatic rings. The van der Waals surface area contributed by atoms with Gasteiger partial charge in [0, 0.05) is 26.2 Å². The lowest BCUT2D eigenvalue weighted by Crippen LogP contribution is -2.31. The van der Waals surface area contributed by atoms with Crippen LogP contribution in [0.15, 0.2) is 18.6 Å². The Bertz CT molecular complexity index is 703. The lowest BCUT2D eigenvalue weighted by atomic mass is 10.3. The van der Waals surface area contributed by atoms with Gasteiger partial charge in [-0.05, 0) is 0 Å². The first kappa shape index (κ1) is 15.5. The van der Waals surface area contributed by atoms with Crippen molar-refractivity contribution in [2.75, 3.05) is 20.2 Å². The summed E-state index contributed by atoms with van der Waals surface area (Å²) in [6.07, 6.45) is 5.16. The smallest absolute Gasteiger partial charge is 0.316 e. The number of hydrogen-bond acceptors (Lipinski definition) is 6. The van der Waals surface area contributed by atoms with E-state index < -0.39 is 0 Å². The molecule has 0 spiro atoms. The molecule has 0 saturated carbocycles. The molecule has 0 aromatic carbocycles. The maximum Gasteiger partial charge on any atom is 0.316 e. The van der Waals surface area contributed by atoms with Gasteiger partial charge in [-0.25, -0.2) is 9.97 Å². The first-order valence-electron chi connectivity index (χ1n) is 7.08. The van der Waals surface area contributed by atoms with Crippen LogP contribution in [0.25, 0.3) is 0 Å². The summed E-state index contributed by atoms with van der Waals surface area (Å²) in [6, 6.07) is 0.257. The predicted molar refractivity (Wildman–Crippen MR) is 81.7 cm³/mol. The van der Waals surface area contributed by atoms with Crippen LogP contribution >= 0.6 is 11.6 Å². The number of hydrogen-bond donors (Lipinski definition) is 0. The van der Waals surface area contributed by atoms with Gasteiger partial charge in [0.25, 0.3) is 5.91 Å². The highest BCUT2D eigenvalue weighted by Gasteiger charge is 2.31. The minimum Gasteiger partial charge on any atom is -0.479 e. The molecule has 0 bridgehead atoms. The van der Waals surface area contributed by atoms with E-state index in [1.54, 1.807) is 22.8 Å². The van der Waals surface area contributed by atoms with Crippen molar-refractivity contribution >= 4 is 17.5 Å². The van der Waals surface area contributed by atoms with Crippen molar-refractivity contribution in [2.45, 2.75) is 12.5 Å². The standard InChI is InChI=1S/C14H16ClN5O3/c1-19-8-11(12(18-19)22-2)13(21)20-4-3-10(7-20)23-14-16-5-9(15)6-17-14/h5-6,8,10H,3-4,7H2,1-2H3. The van der Waals surface area contributed by atoms with Gasteiger partial charge in [-0.3, -0.25) is 9.48 Å². The van der Waals surface area contributed by atoms with Crippen LogP contribution in [0, 0.1) is 0 Å². The molecule has 2 aromatic heterocycles. The first-order chi connectivity index (χ1) is 11.1. The van der Waals surface area contributed by atoms with Crippen LogP contribution in [-0.4, -0.2) is 56.9 Å². The average molecular weight is 338 g/mol. The summed E-state index contributed by atoms with van der Waals surface area (Å²) in [7, 11) is 3.24. The zero-order chi connectivity index (χ0) is 16.4. The number of ether oxygens (including phenoxy) is 2. The predicted octanol–water partition coefficient (Wildman–Crippen LogP) is 1.17. The number of nitrogens with zero attached hydrogens (tertiary/aromatic N) is 5. The van der Waals surface area contributed by atoms with Crippen LogP contribution in [0.3, 0.4) is 0 Å². The molecule has 2 aromatic rings. The minimum atomic E-state index is -0.150. The summed E-state index contributed by atoms with van der Waals surface area (Å²) in [5, 5.41) is 4.55. The molecule has 9 heteroatoms. The van der Waals surface area contributed by atoms with Gasteiger partial charge in [-0.15, -0.1) is 5.10 Å². The van der Waals surface area contributed by atoms with E-state index in [-0.39, 0.29) is 18.0 Å². The highest BCUT2D eigenvalue weighted by molar-refractivity contribution is 6.30. The molecule has 23 heavy (non-hydrogen) atoms. The molecular weight excluding hydrogens is 322 g/mol. The third-order valence-corrected chi connectivity index (χ3v) is 3.71. The zero-order valence-electron chi connectivity index (χ0n) is 12.8. The normalized spacial score (nSPS) is 17.3. The number of carbonyl (C=O) groups is 1. The maximum absolute atomic E-state index is 12.6. The Balaban J connectivity index is 1.64. The Morgan fingerprint density at radius 3 is 2.83 bits per heavy atom. The van der Waals surface area contributed by atoms with Crippen molar-refractivity contribution < 1.29 is 14.3 Å². The van der Waals surface area contributed by atoms with Crippen LogP contribution in [0.1, 0.15) is 16.8 Å². The molecule has 1 aliphatic heterocycles. The Morgan fingerprint density at radius 1 is 1.39 bits per heavy atom. The number of aromatic nitrogens is 4. The molecule has 1 unspecified atom stereocenters. The summed E-state index contributed by atoms with van der Waals surface area (Å²) in [5.41, 5.74) is 0.443. The number of carbonyl (C=O) groups excluding carboxylic acids is 1. The summed E-state index contributed by atoms with van der Waals surface area (Å²) in [5.74, 6) is 0.195. The van der Waals surface area contributed by atoms with Crippen molar-refractivity contribution in [2.24, 2.45) is 7.05 Å². The quantitative estimate of drug-likeness (QED) is 0.832. The molecule has 1 amide bonds. The van der Waals surface area contributed by atoms with E-state index >= 15 is 0 Å². The molecule has 1 fully saturated rings. The number of methoxy groups -OCH3 is 1. The molecule has 1 saturated heterocycles. The first-order valence-corrected chi connectivity index (χ1v) is 7.45.